The van der Waals surface area contributed by atoms with E-state index in [0.717, 1.165) is 6.07 Å². The Kier molecular flexibility index (Phi) is 3.06. The number of carbonyl (C=O) groups is 1. The number of ketones is 1. The molecule has 1 heterocycles. The molecule has 2 aromatic carbocycles. The highest BCUT2D eigenvalue weighted by Crippen LogP contribution is 2.21. The van der Waals surface area contributed by atoms with E-state index in [2.05, 4.69) is 4.98 Å². The van der Waals surface area contributed by atoms with Crippen molar-refractivity contribution in [3.8, 4) is 5.75 Å². The maximum absolute atomic E-state index is 13.6. The number of nitrogens with one attached hydrogen (secondary N) is 1. The van der Waals surface area contributed by atoms with Crippen molar-refractivity contribution in [1.29, 1.82) is 0 Å². The number of rotatable bonds is 3. The summed E-state index contributed by atoms with van der Waals surface area (Å²) in [7, 11) is 1.35. The second-order valence-corrected chi connectivity index (χ2v) is 4.40. The van der Waals surface area contributed by atoms with E-state index in [0.29, 0.717) is 11.1 Å². The van der Waals surface area contributed by atoms with Crippen molar-refractivity contribution in [3.63, 3.8) is 0 Å². The van der Waals surface area contributed by atoms with Crippen LogP contribution in [-0.2, 0) is 0 Å². The molecule has 0 atom stereocenters. The quantitative estimate of drug-likeness (QED) is 0.751. The molecule has 1 aromatic heterocycles. The summed E-state index contributed by atoms with van der Waals surface area (Å²) < 4.78 is 23.3. The number of benzene rings is 2. The van der Waals surface area contributed by atoms with E-state index in [9.17, 15) is 14.0 Å². The van der Waals surface area contributed by atoms with Crippen LogP contribution in [-0.4, -0.2) is 17.9 Å². The molecule has 0 saturated heterocycles. The molecule has 0 fully saturated rings. The average molecular weight is 287 g/mol. The molecule has 0 aliphatic heterocycles. The number of H-pyrrole nitrogens is 1. The zero-order chi connectivity index (χ0) is 15.0. The molecule has 106 valence electrons. The van der Waals surface area contributed by atoms with Gasteiger partial charge in [-0.15, -0.1) is 0 Å². The number of hydrogen-bond donors (Lipinski definition) is 1. The van der Waals surface area contributed by atoms with E-state index >= 15 is 0 Å². The Balaban J connectivity index is 2.03. The van der Waals surface area contributed by atoms with Gasteiger partial charge in [0, 0.05) is 11.1 Å². The first-order valence-corrected chi connectivity index (χ1v) is 6.09. The van der Waals surface area contributed by atoms with Gasteiger partial charge in [-0.05, 0) is 36.4 Å². The lowest BCUT2D eigenvalue weighted by Gasteiger charge is -2.04. The van der Waals surface area contributed by atoms with Crippen LogP contribution in [0.15, 0.2) is 45.6 Å². The van der Waals surface area contributed by atoms with Crippen LogP contribution >= 0.6 is 0 Å². The number of hydrogen-bond acceptors (Lipinski definition) is 4. The van der Waals surface area contributed by atoms with Gasteiger partial charge in [0.1, 0.15) is 0 Å². The molecule has 3 rings (SSSR count). The van der Waals surface area contributed by atoms with Crippen molar-refractivity contribution in [2.24, 2.45) is 0 Å². The van der Waals surface area contributed by atoms with Gasteiger partial charge in [0.05, 0.1) is 12.6 Å². The summed E-state index contributed by atoms with van der Waals surface area (Å²) in [5.74, 6) is -1.51. The SMILES string of the molecule is COc1ccc(C(=O)c2ccc3[nH]c(=O)oc3c2)cc1F. The zero-order valence-electron chi connectivity index (χ0n) is 11.0. The van der Waals surface area contributed by atoms with Crippen LogP contribution < -0.4 is 10.5 Å². The fourth-order valence-corrected chi connectivity index (χ4v) is 2.06. The Morgan fingerprint density at radius 3 is 2.62 bits per heavy atom. The third kappa shape index (κ3) is 2.31. The van der Waals surface area contributed by atoms with Crippen molar-refractivity contribution in [1.82, 2.24) is 4.98 Å². The van der Waals surface area contributed by atoms with Crippen LogP contribution in [0.25, 0.3) is 11.1 Å². The molecule has 21 heavy (non-hydrogen) atoms. The minimum atomic E-state index is -0.613. The number of aromatic amines is 1. The topological polar surface area (TPSA) is 72.3 Å². The molecule has 0 spiro atoms. The van der Waals surface area contributed by atoms with Crippen LogP contribution in [0, 0.1) is 5.82 Å². The smallest absolute Gasteiger partial charge is 0.417 e. The molecule has 6 heteroatoms. The van der Waals surface area contributed by atoms with Gasteiger partial charge in [-0.1, -0.05) is 0 Å². The van der Waals surface area contributed by atoms with Crippen LogP contribution in [0.1, 0.15) is 15.9 Å². The molecule has 0 saturated carbocycles. The predicted molar refractivity (Wildman–Crippen MR) is 73.2 cm³/mol. The van der Waals surface area contributed by atoms with Crippen LogP contribution in [0.5, 0.6) is 5.75 Å². The Morgan fingerprint density at radius 2 is 1.90 bits per heavy atom. The normalized spacial score (nSPS) is 10.8. The van der Waals surface area contributed by atoms with Crippen molar-refractivity contribution < 1.29 is 18.3 Å². The molecule has 0 bridgehead atoms. The van der Waals surface area contributed by atoms with Crippen LogP contribution in [0.4, 0.5) is 4.39 Å². The van der Waals surface area contributed by atoms with E-state index in [4.69, 9.17) is 9.15 Å². The summed E-state index contributed by atoms with van der Waals surface area (Å²) in [6, 6.07) is 8.52. The second-order valence-electron chi connectivity index (χ2n) is 4.40. The molecule has 0 aliphatic carbocycles. The first-order valence-electron chi connectivity index (χ1n) is 6.09. The minimum Gasteiger partial charge on any atom is -0.494 e. The molecular formula is C15H10FNO4. The largest absolute Gasteiger partial charge is 0.494 e. The van der Waals surface area contributed by atoms with Crippen molar-refractivity contribution in [3.05, 3.63) is 63.9 Å². The Morgan fingerprint density at radius 1 is 1.19 bits per heavy atom. The molecule has 0 unspecified atom stereocenters. The molecule has 3 aromatic rings. The first kappa shape index (κ1) is 13.1. The molecule has 0 radical (unpaired) electrons. The number of oxazole rings is 1. The molecule has 0 amide bonds. The van der Waals surface area contributed by atoms with Gasteiger partial charge in [0.25, 0.3) is 0 Å². The monoisotopic (exact) mass is 287 g/mol. The standard InChI is InChI=1S/C15H10FNO4/c1-20-12-5-3-8(6-10(12)16)14(18)9-2-4-11-13(7-9)21-15(19)17-11/h2-7H,1H3,(H,17,19). The zero-order valence-corrected chi connectivity index (χ0v) is 11.0. The third-order valence-electron chi connectivity index (χ3n) is 3.10. The van der Waals surface area contributed by atoms with E-state index in [1.165, 1.54) is 31.4 Å². The summed E-state index contributed by atoms with van der Waals surface area (Å²) in [4.78, 5) is 25.9. The lowest BCUT2D eigenvalue weighted by molar-refractivity contribution is 0.103. The van der Waals surface area contributed by atoms with Crippen molar-refractivity contribution >= 4 is 16.9 Å². The van der Waals surface area contributed by atoms with E-state index in [1.807, 2.05) is 0 Å². The van der Waals surface area contributed by atoms with Gasteiger partial charge >= 0.3 is 5.76 Å². The summed E-state index contributed by atoms with van der Waals surface area (Å²) >= 11 is 0. The molecule has 0 aliphatic rings. The van der Waals surface area contributed by atoms with Crippen LogP contribution in [0.3, 0.4) is 0 Å². The van der Waals surface area contributed by atoms with Gasteiger partial charge in [-0.3, -0.25) is 9.78 Å². The van der Waals surface area contributed by atoms with Crippen molar-refractivity contribution in [2.45, 2.75) is 0 Å². The number of methoxy groups -OCH3 is 1. The summed E-state index contributed by atoms with van der Waals surface area (Å²) in [5.41, 5.74) is 1.26. The summed E-state index contributed by atoms with van der Waals surface area (Å²) in [6.45, 7) is 0. The number of aromatic nitrogens is 1. The number of halogens is 1. The number of fused-ring (bicyclic) bond motifs is 1. The lowest BCUT2D eigenvalue weighted by atomic mass is 10.0. The highest BCUT2D eigenvalue weighted by molar-refractivity contribution is 6.10. The number of carbonyl (C=O) groups excluding carboxylic acids is 1. The van der Waals surface area contributed by atoms with Crippen LogP contribution in [0.2, 0.25) is 0 Å². The Labute approximate surface area is 118 Å². The summed E-state index contributed by atoms with van der Waals surface area (Å²) in [6.07, 6.45) is 0. The Hall–Kier alpha value is -2.89. The maximum atomic E-state index is 13.6. The lowest BCUT2D eigenvalue weighted by Crippen LogP contribution is -2.02. The predicted octanol–water partition coefficient (Wildman–Crippen LogP) is 2.50. The fraction of sp³-hybridized carbons (Fsp3) is 0.0667. The molecular weight excluding hydrogens is 277 g/mol. The fourth-order valence-electron chi connectivity index (χ4n) is 2.06. The third-order valence-corrected chi connectivity index (χ3v) is 3.10. The van der Waals surface area contributed by atoms with Gasteiger partial charge in [-0.25, -0.2) is 9.18 Å². The van der Waals surface area contributed by atoms with Gasteiger partial charge in [-0.2, -0.15) is 0 Å². The van der Waals surface area contributed by atoms with E-state index in [1.54, 1.807) is 6.07 Å². The van der Waals surface area contributed by atoms with Gasteiger partial charge in [0.15, 0.2) is 22.9 Å². The maximum Gasteiger partial charge on any atom is 0.417 e. The highest BCUT2D eigenvalue weighted by atomic mass is 19.1. The van der Waals surface area contributed by atoms with E-state index < -0.39 is 11.6 Å². The highest BCUT2D eigenvalue weighted by Gasteiger charge is 2.14. The average Bonchev–Trinajstić information content (AvgIpc) is 2.85. The minimum absolute atomic E-state index is 0.0682. The first-order chi connectivity index (χ1) is 10.1. The number of ether oxygens (including phenoxy) is 1. The van der Waals surface area contributed by atoms with E-state index in [-0.39, 0.29) is 22.7 Å². The molecule has 1 N–H and O–H groups in total. The van der Waals surface area contributed by atoms with Gasteiger partial charge in [0.2, 0.25) is 0 Å². The second kappa shape index (κ2) is 4.90. The summed E-state index contributed by atoms with van der Waals surface area (Å²) in [5, 5.41) is 0. The van der Waals surface area contributed by atoms with Crippen molar-refractivity contribution in [2.75, 3.05) is 7.11 Å². The van der Waals surface area contributed by atoms with Gasteiger partial charge < -0.3 is 9.15 Å². The molecule has 5 nitrogen and oxygen atoms in total. The Bertz CT molecular complexity index is 894.